The van der Waals surface area contributed by atoms with E-state index in [1.54, 1.807) is 0 Å². The van der Waals surface area contributed by atoms with Crippen molar-refractivity contribution in [1.82, 2.24) is 4.57 Å². The molecule has 290 valence electrons. The van der Waals surface area contributed by atoms with Crippen molar-refractivity contribution in [3.63, 3.8) is 0 Å². The van der Waals surface area contributed by atoms with Crippen LogP contribution < -0.4 is 4.90 Å². The Balaban J connectivity index is 0.933. The molecule has 10 aromatic carbocycles. The van der Waals surface area contributed by atoms with Gasteiger partial charge in [0, 0.05) is 64.2 Å². The summed E-state index contributed by atoms with van der Waals surface area (Å²) in [6.45, 7) is 0. The van der Waals surface area contributed by atoms with Crippen LogP contribution in [0.3, 0.4) is 0 Å². The second-order valence-electron chi connectivity index (χ2n) is 16.0. The molecule has 0 fully saturated rings. The molecule has 0 N–H and O–H groups in total. The summed E-state index contributed by atoms with van der Waals surface area (Å²) in [5.41, 5.74) is 13.4. The fraction of sp³-hybridized carbons (Fsp3) is 0. The molecule has 0 aliphatic rings. The third kappa shape index (κ3) is 5.37. The number of furan rings is 1. The van der Waals surface area contributed by atoms with Crippen molar-refractivity contribution in [1.29, 1.82) is 0 Å². The van der Waals surface area contributed by atoms with Crippen molar-refractivity contribution < 1.29 is 4.42 Å². The monoisotopic (exact) mass is 808 g/mol. The van der Waals surface area contributed by atoms with Crippen LogP contribution in [0.25, 0.3) is 103 Å². The van der Waals surface area contributed by atoms with Gasteiger partial charge in [-0.3, -0.25) is 0 Å². The van der Waals surface area contributed by atoms with Gasteiger partial charge in [0.2, 0.25) is 0 Å². The van der Waals surface area contributed by atoms with Crippen molar-refractivity contribution in [2.24, 2.45) is 0 Å². The predicted octanol–water partition coefficient (Wildman–Crippen LogP) is 17.0. The molecule has 13 rings (SSSR count). The predicted molar refractivity (Wildman–Crippen MR) is 264 cm³/mol. The largest absolute Gasteiger partial charge is 0.455 e. The van der Waals surface area contributed by atoms with Crippen molar-refractivity contribution in [3.8, 4) is 27.9 Å². The fourth-order valence-electron chi connectivity index (χ4n) is 9.78. The van der Waals surface area contributed by atoms with Crippen LogP contribution in [0.15, 0.2) is 223 Å². The molecule has 3 nitrogen and oxygen atoms in total. The van der Waals surface area contributed by atoms with Gasteiger partial charge in [-0.05, 0) is 107 Å². The van der Waals surface area contributed by atoms with Crippen LogP contribution >= 0.6 is 11.3 Å². The second-order valence-corrected chi connectivity index (χ2v) is 17.1. The van der Waals surface area contributed by atoms with Gasteiger partial charge in [0.1, 0.15) is 11.2 Å². The van der Waals surface area contributed by atoms with Crippen LogP contribution in [0.5, 0.6) is 0 Å². The number of anilines is 3. The molecule has 0 aliphatic heterocycles. The molecule has 0 spiro atoms. The van der Waals surface area contributed by atoms with E-state index in [-0.39, 0.29) is 0 Å². The summed E-state index contributed by atoms with van der Waals surface area (Å²) >= 11 is 1.85. The topological polar surface area (TPSA) is 21.3 Å². The molecule has 0 saturated carbocycles. The van der Waals surface area contributed by atoms with Crippen LogP contribution in [-0.2, 0) is 0 Å². The van der Waals surface area contributed by atoms with Gasteiger partial charge in [-0.25, -0.2) is 0 Å². The van der Waals surface area contributed by atoms with Crippen LogP contribution in [-0.4, -0.2) is 4.57 Å². The van der Waals surface area contributed by atoms with Gasteiger partial charge in [-0.15, -0.1) is 11.3 Å². The van der Waals surface area contributed by atoms with E-state index in [1.807, 2.05) is 11.3 Å². The lowest BCUT2D eigenvalue weighted by Gasteiger charge is -2.27. The maximum atomic E-state index is 6.57. The molecule has 0 bridgehead atoms. The summed E-state index contributed by atoms with van der Waals surface area (Å²) in [4.78, 5) is 2.42. The summed E-state index contributed by atoms with van der Waals surface area (Å²) < 4.78 is 11.5. The number of hydrogen-bond acceptors (Lipinski definition) is 3. The van der Waals surface area contributed by atoms with E-state index in [4.69, 9.17) is 4.42 Å². The summed E-state index contributed by atoms with van der Waals surface area (Å²) in [6.07, 6.45) is 0. The first-order valence-electron chi connectivity index (χ1n) is 21.1. The highest BCUT2D eigenvalue weighted by Gasteiger charge is 2.20. The van der Waals surface area contributed by atoms with E-state index in [2.05, 4.69) is 228 Å². The Morgan fingerprint density at radius 1 is 0.403 bits per heavy atom. The molecule has 62 heavy (non-hydrogen) atoms. The molecule has 0 saturated heterocycles. The number of nitrogens with zero attached hydrogens (tertiary/aromatic N) is 2. The molecule has 0 aliphatic carbocycles. The number of para-hydroxylation sites is 2. The highest BCUT2D eigenvalue weighted by Crippen LogP contribution is 2.46. The Bertz CT molecular complexity index is 3820. The van der Waals surface area contributed by atoms with E-state index >= 15 is 0 Å². The highest BCUT2D eigenvalue weighted by atomic mass is 32.1. The minimum absolute atomic E-state index is 0.899. The summed E-state index contributed by atoms with van der Waals surface area (Å²) in [6, 6.07) is 79.2. The molecule has 3 aromatic heterocycles. The Morgan fingerprint density at radius 3 is 1.81 bits per heavy atom. The lowest BCUT2D eigenvalue weighted by Crippen LogP contribution is -2.10. The number of rotatable bonds is 6. The third-order valence-electron chi connectivity index (χ3n) is 12.6. The van der Waals surface area contributed by atoms with Gasteiger partial charge in [-0.2, -0.15) is 0 Å². The summed E-state index contributed by atoms with van der Waals surface area (Å²) in [5, 5.41) is 9.66. The maximum Gasteiger partial charge on any atom is 0.143 e. The lowest BCUT2D eigenvalue weighted by atomic mass is 9.97. The van der Waals surface area contributed by atoms with Crippen molar-refractivity contribution in [3.05, 3.63) is 218 Å². The van der Waals surface area contributed by atoms with Gasteiger partial charge in [0.05, 0.1) is 16.7 Å². The van der Waals surface area contributed by atoms with Gasteiger partial charge >= 0.3 is 0 Å². The van der Waals surface area contributed by atoms with Gasteiger partial charge in [-0.1, -0.05) is 140 Å². The van der Waals surface area contributed by atoms with Crippen LogP contribution in [0.1, 0.15) is 0 Å². The zero-order chi connectivity index (χ0) is 40.7. The molecular weight excluding hydrogens is 773 g/mol. The second kappa shape index (κ2) is 13.8. The minimum atomic E-state index is 0.899. The quantitative estimate of drug-likeness (QED) is 0.167. The van der Waals surface area contributed by atoms with E-state index in [9.17, 15) is 0 Å². The first-order valence-corrected chi connectivity index (χ1v) is 21.9. The molecular formula is C58H36N2OS. The van der Waals surface area contributed by atoms with Crippen molar-refractivity contribution in [2.75, 3.05) is 4.90 Å². The van der Waals surface area contributed by atoms with E-state index in [0.29, 0.717) is 0 Å². The molecule has 4 heteroatoms. The highest BCUT2D eigenvalue weighted by molar-refractivity contribution is 7.26. The average molecular weight is 809 g/mol. The van der Waals surface area contributed by atoms with Crippen LogP contribution in [0.4, 0.5) is 17.1 Å². The van der Waals surface area contributed by atoms with Crippen LogP contribution in [0.2, 0.25) is 0 Å². The third-order valence-corrected chi connectivity index (χ3v) is 13.7. The number of thiophene rings is 1. The van der Waals surface area contributed by atoms with Crippen molar-refractivity contribution in [2.45, 2.75) is 0 Å². The number of aromatic nitrogens is 1. The Kier molecular flexibility index (Phi) is 7.78. The zero-order valence-electron chi connectivity index (χ0n) is 33.5. The van der Waals surface area contributed by atoms with E-state index < -0.39 is 0 Å². The van der Waals surface area contributed by atoms with Gasteiger partial charge < -0.3 is 13.9 Å². The Hall–Kier alpha value is -7.92. The molecule has 0 atom stereocenters. The summed E-state index contributed by atoms with van der Waals surface area (Å²) in [7, 11) is 0. The summed E-state index contributed by atoms with van der Waals surface area (Å²) in [5.74, 6) is 0. The molecule has 0 unspecified atom stereocenters. The van der Waals surface area contributed by atoms with E-state index in [1.165, 1.54) is 58.5 Å². The maximum absolute atomic E-state index is 6.57. The first kappa shape index (κ1) is 34.9. The molecule has 0 amide bonds. The molecule has 0 radical (unpaired) electrons. The molecule has 13 aromatic rings. The average Bonchev–Trinajstić information content (AvgIpc) is 4.03. The molecule has 3 heterocycles. The number of fused-ring (bicyclic) bond motifs is 11. The minimum Gasteiger partial charge on any atom is -0.455 e. The smallest absolute Gasteiger partial charge is 0.143 e. The first-order chi connectivity index (χ1) is 30.7. The number of benzene rings is 10. The Labute approximate surface area is 361 Å². The fourth-order valence-corrected chi connectivity index (χ4v) is 10.9. The van der Waals surface area contributed by atoms with E-state index in [0.717, 1.165) is 61.2 Å². The Morgan fingerprint density at radius 2 is 1.03 bits per heavy atom. The van der Waals surface area contributed by atoms with Gasteiger partial charge in [0.15, 0.2) is 0 Å². The van der Waals surface area contributed by atoms with Crippen LogP contribution in [0, 0.1) is 0 Å². The number of hydrogen-bond donors (Lipinski definition) is 0. The zero-order valence-corrected chi connectivity index (χ0v) is 34.3. The SMILES string of the molecule is c1cc(-c2ccc(N(c3ccc(-c4cccc5oc6c7ccccc7ccc6c45)cc3)c3cccc4sc5ccccc5c34)cc2)cc(-n2c3ccccc3c3ccccc32)c1. The van der Waals surface area contributed by atoms with Gasteiger partial charge in [0.25, 0.3) is 0 Å². The standard InChI is InChI=1S/C58H36N2OS/c1-2-15-45-38(12-1)30-35-49-56-44(19-10-23-53(56)61-58(45)49)39-28-33-42(34-29-39)59(52-22-11-25-55-57(52)48-18-5-8-24-54(48)62-55)41-31-26-37(27-32-41)40-13-9-14-43(36-40)60-50-20-6-3-16-46(50)47-17-4-7-21-51(47)60/h1-36H. The lowest BCUT2D eigenvalue weighted by molar-refractivity contribution is 0.673. The normalized spacial score (nSPS) is 11.9. The van der Waals surface area contributed by atoms with Crippen molar-refractivity contribution >= 4 is 103 Å².